The molecule has 0 fully saturated rings. The summed E-state index contributed by atoms with van der Waals surface area (Å²) in [6.07, 6.45) is 3.13. The summed E-state index contributed by atoms with van der Waals surface area (Å²) in [5.41, 5.74) is 3.53. The second-order valence-corrected chi connectivity index (χ2v) is 7.23. The Bertz CT molecular complexity index is 1100. The van der Waals surface area contributed by atoms with E-state index in [0.717, 1.165) is 22.1 Å². The van der Waals surface area contributed by atoms with Gasteiger partial charge in [0.15, 0.2) is 0 Å². The Hall–Kier alpha value is -2.26. The van der Waals surface area contributed by atoms with Gasteiger partial charge in [0, 0.05) is 46.2 Å². The van der Waals surface area contributed by atoms with Crippen LogP contribution in [0.15, 0.2) is 73.1 Å². The third-order valence-electron chi connectivity index (χ3n) is 4.62. The summed E-state index contributed by atoms with van der Waals surface area (Å²) in [4.78, 5) is 0. The molecule has 1 atom stereocenters. The van der Waals surface area contributed by atoms with Crippen molar-refractivity contribution in [1.82, 2.24) is 4.57 Å². The normalized spacial score (nSPS) is 12.5. The molecule has 1 N–H and O–H groups in total. The first-order chi connectivity index (χ1) is 12.5. The molecule has 0 saturated carbocycles. The average Bonchev–Trinajstić information content (AvgIpc) is 3.02. The SMILES string of the molecule is Cn1cc(-c2cccc3ccccc23)c(C(O)c2ccc(Cl)cc2Cl)c1. The number of aliphatic hydroxyl groups excluding tert-OH is 1. The molecule has 0 radical (unpaired) electrons. The van der Waals surface area contributed by atoms with Gasteiger partial charge < -0.3 is 9.67 Å². The van der Waals surface area contributed by atoms with Gasteiger partial charge >= 0.3 is 0 Å². The molecule has 4 aromatic rings. The Morgan fingerprint density at radius 2 is 1.62 bits per heavy atom. The van der Waals surface area contributed by atoms with Crippen molar-refractivity contribution < 1.29 is 5.11 Å². The number of hydrogen-bond acceptors (Lipinski definition) is 1. The number of fused-ring (bicyclic) bond motifs is 1. The van der Waals surface area contributed by atoms with Gasteiger partial charge in [0.05, 0.1) is 0 Å². The third-order valence-corrected chi connectivity index (χ3v) is 5.18. The number of rotatable bonds is 3. The Morgan fingerprint density at radius 3 is 2.42 bits per heavy atom. The molecule has 26 heavy (non-hydrogen) atoms. The fourth-order valence-corrected chi connectivity index (χ4v) is 3.91. The quantitative estimate of drug-likeness (QED) is 0.446. The van der Waals surface area contributed by atoms with Gasteiger partial charge in [-0.2, -0.15) is 0 Å². The lowest BCUT2D eigenvalue weighted by atomic mass is 9.93. The Balaban J connectivity index is 1.90. The Kier molecular flexibility index (Phi) is 4.49. The van der Waals surface area contributed by atoms with Crippen molar-refractivity contribution in [3.63, 3.8) is 0 Å². The highest BCUT2D eigenvalue weighted by atomic mass is 35.5. The van der Waals surface area contributed by atoms with Gasteiger partial charge in [-0.15, -0.1) is 0 Å². The maximum atomic E-state index is 11.1. The van der Waals surface area contributed by atoms with E-state index in [1.165, 1.54) is 5.39 Å². The Labute approximate surface area is 162 Å². The standard InChI is InChI=1S/C22H17Cl2NO/c1-25-12-19(17-8-4-6-14-5-2-3-7-16(14)17)20(13-25)22(26)18-10-9-15(23)11-21(18)24/h2-13,22,26H,1H3. The van der Waals surface area contributed by atoms with Crippen LogP contribution >= 0.6 is 23.2 Å². The molecule has 0 bridgehead atoms. The molecule has 4 rings (SSSR count). The predicted molar refractivity (Wildman–Crippen MR) is 109 cm³/mol. The summed E-state index contributed by atoms with van der Waals surface area (Å²) in [5, 5.41) is 14.4. The summed E-state index contributed by atoms with van der Waals surface area (Å²) >= 11 is 12.3. The molecule has 1 aromatic heterocycles. The van der Waals surface area contributed by atoms with Crippen molar-refractivity contribution in [2.45, 2.75) is 6.10 Å². The summed E-state index contributed by atoms with van der Waals surface area (Å²) in [5.74, 6) is 0. The lowest BCUT2D eigenvalue weighted by Crippen LogP contribution is -2.01. The van der Waals surface area contributed by atoms with Crippen LogP contribution in [-0.4, -0.2) is 9.67 Å². The van der Waals surface area contributed by atoms with Gasteiger partial charge in [-0.05, 0) is 28.5 Å². The number of nitrogens with zero attached hydrogens (tertiary/aromatic N) is 1. The van der Waals surface area contributed by atoms with Crippen LogP contribution in [-0.2, 0) is 7.05 Å². The van der Waals surface area contributed by atoms with Crippen molar-refractivity contribution in [3.8, 4) is 11.1 Å². The van der Waals surface area contributed by atoms with E-state index in [-0.39, 0.29) is 0 Å². The van der Waals surface area contributed by atoms with Crippen LogP contribution in [0.2, 0.25) is 10.0 Å². The minimum Gasteiger partial charge on any atom is -0.384 e. The molecule has 3 aromatic carbocycles. The predicted octanol–water partition coefficient (Wildman–Crippen LogP) is 6.23. The summed E-state index contributed by atoms with van der Waals surface area (Å²) in [6.45, 7) is 0. The molecule has 130 valence electrons. The van der Waals surface area contributed by atoms with E-state index in [2.05, 4.69) is 24.3 Å². The van der Waals surface area contributed by atoms with Crippen LogP contribution in [0.5, 0.6) is 0 Å². The number of aryl methyl sites for hydroxylation is 1. The number of benzene rings is 3. The maximum absolute atomic E-state index is 11.1. The zero-order valence-electron chi connectivity index (χ0n) is 14.2. The largest absolute Gasteiger partial charge is 0.384 e. The van der Waals surface area contributed by atoms with Crippen LogP contribution in [0.25, 0.3) is 21.9 Å². The second kappa shape index (κ2) is 6.81. The maximum Gasteiger partial charge on any atom is 0.108 e. The lowest BCUT2D eigenvalue weighted by molar-refractivity contribution is 0.221. The highest BCUT2D eigenvalue weighted by molar-refractivity contribution is 6.35. The molecule has 0 aliphatic heterocycles. The van der Waals surface area contributed by atoms with E-state index in [4.69, 9.17) is 23.2 Å². The van der Waals surface area contributed by atoms with E-state index < -0.39 is 6.10 Å². The first-order valence-corrected chi connectivity index (χ1v) is 9.07. The molecule has 1 unspecified atom stereocenters. The van der Waals surface area contributed by atoms with Crippen molar-refractivity contribution in [1.29, 1.82) is 0 Å². The second-order valence-electron chi connectivity index (χ2n) is 6.39. The molecule has 1 heterocycles. The van der Waals surface area contributed by atoms with E-state index in [1.807, 2.05) is 42.2 Å². The number of hydrogen-bond donors (Lipinski definition) is 1. The highest BCUT2D eigenvalue weighted by Gasteiger charge is 2.21. The highest BCUT2D eigenvalue weighted by Crippen LogP contribution is 2.38. The van der Waals surface area contributed by atoms with Crippen molar-refractivity contribution >= 4 is 34.0 Å². The van der Waals surface area contributed by atoms with Gasteiger partial charge in [-0.1, -0.05) is 71.7 Å². The summed E-state index contributed by atoms with van der Waals surface area (Å²) in [6, 6.07) is 19.6. The Morgan fingerprint density at radius 1 is 0.846 bits per heavy atom. The van der Waals surface area contributed by atoms with E-state index in [1.54, 1.807) is 18.2 Å². The molecular weight excluding hydrogens is 365 g/mol. The van der Waals surface area contributed by atoms with E-state index >= 15 is 0 Å². The van der Waals surface area contributed by atoms with Crippen LogP contribution in [0.1, 0.15) is 17.2 Å². The van der Waals surface area contributed by atoms with Crippen LogP contribution in [0.4, 0.5) is 0 Å². The van der Waals surface area contributed by atoms with Crippen molar-refractivity contribution in [2.75, 3.05) is 0 Å². The fourth-order valence-electron chi connectivity index (χ4n) is 3.40. The zero-order valence-corrected chi connectivity index (χ0v) is 15.7. The first kappa shape index (κ1) is 17.2. The molecule has 4 heteroatoms. The molecule has 0 aliphatic carbocycles. The van der Waals surface area contributed by atoms with Crippen molar-refractivity contribution in [3.05, 3.63) is 94.2 Å². The molecule has 2 nitrogen and oxygen atoms in total. The fraction of sp³-hybridized carbons (Fsp3) is 0.0909. The smallest absolute Gasteiger partial charge is 0.108 e. The van der Waals surface area contributed by atoms with Gasteiger partial charge in [0.25, 0.3) is 0 Å². The zero-order chi connectivity index (χ0) is 18.3. The average molecular weight is 382 g/mol. The van der Waals surface area contributed by atoms with Gasteiger partial charge in [0.1, 0.15) is 6.10 Å². The minimum atomic E-state index is -0.838. The molecular formula is C22H17Cl2NO. The number of aliphatic hydroxyl groups is 1. The molecule has 0 saturated heterocycles. The van der Waals surface area contributed by atoms with Gasteiger partial charge in [-0.25, -0.2) is 0 Å². The lowest BCUT2D eigenvalue weighted by Gasteiger charge is -2.15. The minimum absolute atomic E-state index is 0.456. The topological polar surface area (TPSA) is 25.2 Å². The van der Waals surface area contributed by atoms with Crippen LogP contribution in [0.3, 0.4) is 0 Å². The number of aromatic nitrogens is 1. The van der Waals surface area contributed by atoms with Gasteiger partial charge in [0.2, 0.25) is 0 Å². The van der Waals surface area contributed by atoms with Gasteiger partial charge in [-0.3, -0.25) is 0 Å². The number of halogens is 2. The van der Waals surface area contributed by atoms with E-state index in [0.29, 0.717) is 15.6 Å². The van der Waals surface area contributed by atoms with Crippen LogP contribution in [0, 0.1) is 0 Å². The third kappa shape index (κ3) is 3.01. The molecule has 0 amide bonds. The van der Waals surface area contributed by atoms with E-state index in [9.17, 15) is 5.11 Å². The van der Waals surface area contributed by atoms with Crippen LogP contribution < -0.4 is 0 Å². The first-order valence-electron chi connectivity index (χ1n) is 8.31. The summed E-state index contributed by atoms with van der Waals surface area (Å²) < 4.78 is 1.96. The molecule has 0 aliphatic rings. The molecule has 0 spiro atoms. The van der Waals surface area contributed by atoms with Crippen molar-refractivity contribution in [2.24, 2.45) is 7.05 Å². The summed E-state index contributed by atoms with van der Waals surface area (Å²) in [7, 11) is 1.95. The monoisotopic (exact) mass is 381 g/mol.